The number of hydrogen-bond acceptors (Lipinski definition) is 5. The maximum atomic E-state index is 11.7. The van der Waals surface area contributed by atoms with Crippen LogP contribution in [0.25, 0.3) is 0 Å². The van der Waals surface area contributed by atoms with Crippen LogP contribution in [0.15, 0.2) is 0 Å². The van der Waals surface area contributed by atoms with Gasteiger partial charge in [0.15, 0.2) is 0 Å². The van der Waals surface area contributed by atoms with Crippen molar-refractivity contribution in [3.8, 4) is 0 Å². The molecule has 90 valence electrons. The van der Waals surface area contributed by atoms with Gasteiger partial charge in [0.05, 0.1) is 19.2 Å². The standard InChI is InChI=1S/C10H16N2O4/c13-8-2-1-3-11(6-8)7-9(14)12-4-5-16-10(12)15/h8,13H,1-7H2/t8-/m0/s1. The quantitative estimate of drug-likeness (QED) is 0.685. The van der Waals surface area contributed by atoms with E-state index < -0.39 is 6.09 Å². The van der Waals surface area contributed by atoms with Crippen molar-refractivity contribution in [1.29, 1.82) is 0 Å². The van der Waals surface area contributed by atoms with Crippen LogP contribution in [0.3, 0.4) is 0 Å². The molecule has 0 radical (unpaired) electrons. The third kappa shape index (κ3) is 2.51. The predicted octanol–water partition coefficient (Wildman–Crippen LogP) is -0.578. The number of carbonyl (C=O) groups is 2. The van der Waals surface area contributed by atoms with Gasteiger partial charge in [-0.05, 0) is 19.4 Å². The molecule has 2 aliphatic rings. The van der Waals surface area contributed by atoms with Crippen LogP contribution in [0.4, 0.5) is 4.79 Å². The SMILES string of the molecule is O=C(CN1CCC[C@H](O)C1)N1CCOC1=O. The molecule has 2 fully saturated rings. The van der Waals surface area contributed by atoms with Gasteiger partial charge in [0, 0.05) is 6.54 Å². The zero-order valence-corrected chi connectivity index (χ0v) is 9.09. The maximum absolute atomic E-state index is 11.7. The van der Waals surface area contributed by atoms with Gasteiger partial charge >= 0.3 is 6.09 Å². The van der Waals surface area contributed by atoms with Gasteiger partial charge < -0.3 is 9.84 Å². The molecule has 1 N–H and O–H groups in total. The lowest BCUT2D eigenvalue weighted by Gasteiger charge is -2.29. The first-order chi connectivity index (χ1) is 7.66. The molecule has 0 aliphatic carbocycles. The van der Waals surface area contributed by atoms with Crippen LogP contribution < -0.4 is 0 Å². The zero-order valence-electron chi connectivity index (χ0n) is 9.09. The number of cyclic esters (lactones) is 1. The molecule has 0 bridgehead atoms. The number of aliphatic hydroxyl groups excluding tert-OH is 1. The van der Waals surface area contributed by atoms with Gasteiger partial charge in [-0.3, -0.25) is 9.69 Å². The van der Waals surface area contributed by atoms with Crippen LogP contribution in [0.2, 0.25) is 0 Å². The average Bonchev–Trinajstić information content (AvgIpc) is 2.64. The number of amides is 2. The Morgan fingerprint density at radius 3 is 2.94 bits per heavy atom. The number of likely N-dealkylation sites (tertiary alicyclic amines) is 1. The van der Waals surface area contributed by atoms with Crippen molar-refractivity contribution in [2.24, 2.45) is 0 Å². The molecule has 1 atom stereocenters. The molecule has 2 heterocycles. The maximum Gasteiger partial charge on any atom is 0.416 e. The Labute approximate surface area is 93.8 Å². The van der Waals surface area contributed by atoms with Crippen LogP contribution in [0, 0.1) is 0 Å². The number of carbonyl (C=O) groups excluding carboxylic acids is 2. The summed E-state index contributed by atoms with van der Waals surface area (Å²) >= 11 is 0. The molecule has 6 heteroatoms. The summed E-state index contributed by atoms with van der Waals surface area (Å²) in [6, 6.07) is 0. The molecule has 0 aromatic rings. The van der Waals surface area contributed by atoms with E-state index in [9.17, 15) is 14.7 Å². The lowest BCUT2D eigenvalue weighted by molar-refractivity contribution is -0.129. The summed E-state index contributed by atoms with van der Waals surface area (Å²) in [4.78, 5) is 25.9. The number of nitrogens with zero attached hydrogens (tertiary/aromatic N) is 2. The van der Waals surface area contributed by atoms with Crippen molar-refractivity contribution < 1.29 is 19.4 Å². The molecule has 2 aliphatic heterocycles. The predicted molar refractivity (Wildman–Crippen MR) is 54.7 cm³/mol. The number of piperidine rings is 1. The minimum atomic E-state index is -0.553. The van der Waals surface area contributed by atoms with Gasteiger partial charge in [-0.1, -0.05) is 0 Å². The number of hydrogen-bond donors (Lipinski definition) is 1. The minimum absolute atomic E-state index is 0.187. The van der Waals surface area contributed by atoms with E-state index in [1.165, 1.54) is 0 Å². The van der Waals surface area contributed by atoms with E-state index in [2.05, 4.69) is 0 Å². The highest BCUT2D eigenvalue weighted by molar-refractivity contribution is 5.94. The summed E-state index contributed by atoms with van der Waals surface area (Å²) < 4.78 is 4.70. The summed E-state index contributed by atoms with van der Waals surface area (Å²) in [5.41, 5.74) is 0. The minimum Gasteiger partial charge on any atom is -0.447 e. The molecular formula is C10H16N2O4. The molecule has 16 heavy (non-hydrogen) atoms. The van der Waals surface area contributed by atoms with Crippen molar-refractivity contribution in [3.05, 3.63) is 0 Å². The first-order valence-electron chi connectivity index (χ1n) is 5.54. The molecule has 2 amide bonds. The van der Waals surface area contributed by atoms with Crippen LogP contribution in [-0.2, 0) is 9.53 Å². The molecule has 0 aromatic heterocycles. The number of β-amino-alcohol motifs (C(OH)–C–C–N with tert-alkyl or cyclic N) is 1. The van der Waals surface area contributed by atoms with Gasteiger partial charge in [0.25, 0.3) is 0 Å². The number of ether oxygens (including phenoxy) is 1. The highest BCUT2D eigenvalue weighted by Gasteiger charge is 2.30. The summed E-state index contributed by atoms with van der Waals surface area (Å²) in [5.74, 6) is -0.239. The second-order valence-corrected chi connectivity index (χ2v) is 4.19. The number of aliphatic hydroxyl groups is 1. The van der Waals surface area contributed by atoms with Crippen LogP contribution >= 0.6 is 0 Å². The van der Waals surface area contributed by atoms with E-state index in [1.54, 1.807) is 0 Å². The Bertz CT molecular complexity index is 295. The van der Waals surface area contributed by atoms with Crippen molar-refractivity contribution in [3.63, 3.8) is 0 Å². The van der Waals surface area contributed by atoms with E-state index in [4.69, 9.17) is 4.74 Å². The average molecular weight is 228 g/mol. The first-order valence-corrected chi connectivity index (χ1v) is 5.54. The fourth-order valence-electron chi connectivity index (χ4n) is 2.07. The van der Waals surface area contributed by atoms with E-state index in [0.717, 1.165) is 24.3 Å². The third-order valence-corrected chi connectivity index (χ3v) is 2.90. The first kappa shape index (κ1) is 11.3. The van der Waals surface area contributed by atoms with Gasteiger partial charge in [0.2, 0.25) is 5.91 Å². The Hall–Kier alpha value is -1.14. The Balaban J connectivity index is 1.84. The topological polar surface area (TPSA) is 70.1 Å². The van der Waals surface area contributed by atoms with E-state index in [0.29, 0.717) is 13.1 Å². The fraction of sp³-hybridized carbons (Fsp3) is 0.800. The van der Waals surface area contributed by atoms with Crippen LogP contribution in [0.1, 0.15) is 12.8 Å². The van der Waals surface area contributed by atoms with Gasteiger partial charge in [0.1, 0.15) is 6.61 Å². The summed E-state index contributed by atoms with van der Waals surface area (Å²) in [6.07, 6.45) is 0.768. The monoisotopic (exact) mass is 228 g/mol. The third-order valence-electron chi connectivity index (χ3n) is 2.90. The van der Waals surface area contributed by atoms with E-state index in [-0.39, 0.29) is 25.2 Å². The van der Waals surface area contributed by atoms with Crippen molar-refractivity contribution in [2.45, 2.75) is 18.9 Å². The Morgan fingerprint density at radius 2 is 2.31 bits per heavy atom. The van der Waals surface area contributed by atoms with E-state index in [1.807, 2.05) is 4.90 Å². The molecule has 2 saturated heterocycles. The van der Waals surface area contributed by atoms with Crippen molar-refractivity contribution in [1.82, 2.24) is 9.80 Å². The molecule has 0 unspecified atom stereocenters. The second-order valence-electron chi connectivity index (χ2n) is 4.19. The van der Waals surface area contributed by atoms with Crippen molar-refractivity contribution in [2.75, 3.05) is 32.8 Å². The summed E-state index contributed by atoms with van der Waals surface area (Å²) in [6.45, 7) is 2.12. The molecular weight excluding hydrogens is 212 g/mol. The number of rotatable bonds is 2. The van der Waals surface area contributed by atoms with Gasteiger partial charge in [-0.15, -0.1) is 0 Å². The smallest absolute Gasteiger partial charge is 0.416 e. The normalized spacial score (nSPS) is 26.9. The fourth-order valence-corrected chi connectivity index (χ4v) is 2.07. The number of imide groups is 1. The van der Waals surface area contributed by atoms with Crippen LogP contribution in [-0.4, -0.2) is 65.8 Å². The van der Waals surface area contributed by atoms with Crippen molar-refractivity contribution >= 4 is 12.0 Å². The largest absolute Gasteiger partial charge is 0.447 e. The van der Waals surface area contributed by atoms with Gasteiger partial charge in [-0.25, -0.2) is 9.69 Å². The lowest BCUT2D eigenvalue weighted by atomic mass is 10.1. The van der Waals surface area contributed by atoms with Gasteiger partial charge in [-0.2, -0.15) is 0 Å². The summed E-state index contributed by atoms with van der Waals surface area (Å²) in [5, 5.41) is 9.45. The van der Waals surface area contributed by atoms with E-state index >= 15 is 0 Å². The molecule has 0 spiro atoms. The Morgan fingerprint density at radius 1 is 1.50 bits per heavy atom. The zero-order chi connectivity index (χ0) is 11.5. The Kier molecular flexibility index (Phi) is 3.40. The highest BCUT2D eigenvalue weighted by Crippen LogP contribution is 2.11. The lowest BCUT2D eigenvalue weighted by Crippen LogP contribution is -2.45. The molecule has 2 rings (SSSR count). The molecule has 6 nitrogen and oxygen atoms in total. The van der Waals surface area contributed by atoms with Crippen LogP contribution in [0.5, 0.6) is 0 Å². The second kappa shape index (κ2) is 4.80. The molecule has 0 saturated carbocycles. The highest BCUT2D eigenvalue weighted by atomic mass is 16.6. The summed E-state index contributed by atoms with van der Waals surface area (Å²) in [7, 11) is 0. The molecule has 0 aromatic carbocycles.